The zero-order chi connectivity index (χ0) is 20.6. The molecule has 1 amide bonds. The first-order valence-corrected chi connectivity index (χ1v) is 10.5. The average Bonchev–Trinajstić information content (AvgIpc) is 2.99. The minimum absolute atomic E-state index is 0.0984. The fraction of sp³-hybridized carbons (Fsp3) is 0.348. The SMILES string of the molecule is CC12CCC(C(=O)Nc3cc(Cl)ccc3Cl)(c3nc4ccccc4nc31)C2(C)C. The summed E-state index contributed by atoms with van der Waals surface area (Å²) in [6.45, 7) is 6.53. The number of nitrogens with one attached hydrogen (secondary N) is 1. The Balaban J connectivity index is 1.70. The van der Waals surface area contributed by atoms with Crippen LogP contribution in [-0.2, 0) is 15.6 Å². The highest BCUT2D eigenvalue weighted by Gasteiger charge is 2.73. The molecule has 148 valence electrons. The highest BCUT2D eigenvalue weighted by Crippen LogP contribution is 2.70. The van der Waals surface area contributed by atoms with Gasteiger partial charge in [-0.05, 0) is 48.6 Å². The molecule has 2 bridgehead atoms. The van der Waals surface area contributed by atoms with Crippen molar-refractivity contribution in [2.24, 2.45) is 5.41 Å². The van der Waals surface area contributed by atoms with Crippen molar-refractivity contribution < 1.29 is 4.79 Å². The number of aromatic nitrogens is 2. The van der Waals surface area contributed by atoms with E-state index in [1.807, 2.05) is 24.3 Å². The Morgan fingerprint density at radius 1 is 0.966 bits per heavy atom. The van der Waals surface area contributed by atoms with Gasteiger partial charge in [0.2, 0.25) is 5.91 Å². The summed E-state index contributed by atoms with van der Waals surface area (Å²) in [5.74, 6) is -0.0984. The topological polar surface area (TPSA) is 54.9 Å². The molecular formula is C23H21Cl2N3O. The van der Waals surface area contributed by atoms with Gasteiger partial charge in [-0.25, -0.2) is 9.97 Å². The van der Waals surface area contributed by atoms with E-state index < -0.39 is 5.41 Å². The highest BCUT2D eigenvalue weighted by atomic mass is 35.5. The largest absolute Gasteiger partial charge is 0.324 e. The number of hydrogen-bond acceptors (Lipinski definition) is 3. The number of halogens is 2. The van der Waals surface area contributed by atoms with Gasteiger partial charge in [-0.1, -0.05) is 56.1 Å². The van der Waals surface area contributed by atoms with Gasteiger partial charge in [0.1, 0.15) is 0 Å². The zero-order valence-electron chi connectivity index (χ0n) is 16.5. The Kier molecular flexibility index (Phi) is 3.85. The van der Waals surface area contributed by atoms with Gasteiger partial charge >= 0.3 is 0 Å². The van der Waals surface area contributed by atoms with Crippen LogP contribution in [-0.4, -0.2) is 15.9 Å². The lowest BCUT2D eigenvalue weighted by molar-refractivity contribution is -0.125. The molecule has 1 saturated carbocycles. The molecule has 29 heavy (non-hydrogen) atoms. The fourth-order valence-corrected chi connectivity index (χ4v) is 5.71. The molecule has 5 rings (SSSR count). The third-order valence-electron chi connectivity index (χ3n) is 7.51. The second-order valence-corrected chi connectivity index (χ2v) is 9.69. The number of fused-ring (bicyclic) bond motifs is 6. The van der Waals surface area contributed by atoms with E-state index in [1.165, 1.54) is 0 Å². The van der Waals surface area contributed by atoms with Crippen molar-refractivity contribution >= 4 is 45.8 Å². The molecular weight excluding hydrogens is 405 g/mol. The highest BCUT2D eigenvalue weighted by molar-refractivity contribution is 6.35. The van der Waals surface area contributed by atoms with Crippen molar-refractivity contribution in [2.75, 3.05) is 5.32 Å². The molecule has 2 atom stereocenters. The first-order valence-electron chi connectivity index (χ1n) is 9.75. The van der Waals surface area contributed by atoms with E-state index in [0.29, 0.717) is 15.7 Å². The van der Waals surface area contributed by atoms with E-state index >= 15 is 0 Å². The molecule has 0 aliphatic heterocycles. The number of benzene rings is 2. The molecule has 2 aromatic carbocycles. The lowest BCUT2D eigenvalue weighted by Crippen LogP contribution is -2.48. The smallest absolute Gasteiger partial charge is 0.237 e. The molecule has 0 radical (unpaired) electrons. The Morgan fingerprint density at radius 2 is 1.62 bits per heavy atom. The number of amides is 1. The summed E-state index contributed by atoms with van der Waals surface area (Å²) in [7, 11) is 0. The molecule has 4 nitrogen and oxygen atoms in total. The van der Waals surface area contributed by atoms with Crippen LogP contribution < -0.4 is 5.32 Å². The van der Waals surface area contributed by atoms with Crippen LogP contribution in [0.25, 0.3) is 11.0 Å². The summed E-state index contributed by atoms with van der Waals surface area (Å²) in [4.78, 5) is 23.8. The van der Waals surface area contributed by atoms with Gasteiger partial charge in [-0.15, -0.1) is 0 Å². The molecule has 1 heterocycles. The maximum atomic E-state index is 13.8. The maximum Gasteiger partial charge on any atom is 0.237 e. The van der Waals surface area contributed by atoms with Gasteiger partial charge in [0.15, 0.2) is 0 Å². The zero-order valence-corrected chi connectivity index (χ0v) is 18.0. The van der Waals surface area contributed by atoms with Gasteiger partial charge in [-0.3, -0.25) is 4.79 Å². The predicted octanol–water partition coefficient (Wildman–Crippen LogP) is 5.90. The predicted molar refractivity (Wildman–Crippen MR) is 117 cm³/mol. The van der Waals surface area contributed by atoms with Crippen molar-refractivity contribution in [3.8, 4) is 0 Å². The van der Waals surface area contributed by atoms with Crippen molar-refractivity contribution in [3.05, 3.63) is 63.9 Å². The van der Waals surface area contributed by atoms with Crippen LogP contribution in [0.4, 0.5) is 5.69 Å². The first kappa shape index (κ1) is 18.8. The van der Waals surface area contributed by atoms with Crippen LogP contribution in [0.1, 0.15) is 45.0 Å². The Hall–Kier alpha value is -2.17. The summed E-state index contributed by atoms with van der Waals surface area (Å²) in [5, 5.41) is 4.03. The minimum Gasteiger partial charge on any atom is -0.324 e. The van der Waals surface area contributed by atoms with E-state index in [0.717, 1.165) is 35.3 Å². The molecule has 0 saturated heterocycles. The molecule has 2 aliphatic carbocycles. The van der Waals surface area contributed by atoms with Gasteiger partial charge in [0, 0.05) is 10.4 Å². The van der Waals surface area contributed by atoms with Gasteiger partial charge in [-0.2, -0.15) is 0 Å². The summed E-state index contributed by atoms with van der Waals surface area (Å²) in [6, 6.07) is 12.9. The van der Waals surface area contributed by atoms with Crippen LogP contribution >= 0.6 is 23.2 Å². The Morgan fingerprint density at radius 3 is 2.31 bits per heavy atom. The Labute approximate surface area is 179 Å². The number of carbonyl (C=O) groups excluding carboxylic acids is 1. The Bertz CT molecular complexity index is 1190. The average molecular weight is 426 g/mol. The van der Waals surface area contributed by atoms with Crippen LogP contribution in [0.2, 0.25) is 10.0 Å². The number of para-hydroxylation sites is 2. The normalized spacial score (nSPS) is 26.5. The van der Waals surface area contributed by atoms with Gasteiger partial charge < -0.3 is 5.32 Å². The molecule has 1 aromatic heterocycles. The molecule has 0 spiro atoms. The second-order valence-electron chi connectivity index (χ2n) is 8.85. The van der Waals surface area contributed by atoms with E-state index in [4.69, 9.17) is 33.2 Å². The molecule has 2 aliphatic rings. The maximum absolute atomic E-state index is 13.8. The number of carbonyl (C=O) groups is 1. The lowest BCUT2D eigenvalue weighted by atomic mass is 9.63. The third-order valence-corrected chi connectivity index (χ3v) is 8.07. The summed E-state index contributed by atoms with van der Waals surface area (Å²) in [5.41, 5.74) is 2.58. The summed E-state index contributed by atoms with van der Waals surface area (Å²) in [6.07, 6.45) is 1.61. The molecule has 2 unspecified atom stereocenters. The van der Waals surface area contributed by atoms with Gasteiger partial charge in [0.25, 0.3) is 0 Å². The quantitative estimate of drug-likeness (QED) is 0.555. The van der Waals surface area contributed by atoms with Crippen molar-refractivity contribution in [3.63, 3.8) is 0 Å². The number of rotatable bonds is 2. The monoisotopic (exact) mass is 425 g/mol. The van der Waals surface area contributed by atoms with Gasteiger partial charge in [0.05, 0.1) is 38.5 Å². The van der Waals surface area contributed by atoms with Crippen molar-refractivity contribution in [1.82, 2.24) is 9.97 Å². The third kappa shape index (κ3) is 2.25. The second kappa shape index (κ2) is 5.93. The fourth-order valence-electron chi connectivity index (χ4n) is 5.37. The van der Waals surface area contributed by atoms with Crippen LogP contribution in [0.5, 0.6) is 0 Å². The van der Waals surface area contributed by atoms with E-state index in [9.17, 15) is 4.79 Å². The number of nitrogens with zero attached hydrogens (tertiary/aromatic N) is 2. The van der Waals surface area contributed by atoms with Crippen molar-refractivity contribution in [2.45, 2.75) is 44.4 Å². The first-order chi connectivity index (χ1) is 13.7. The molecule has 1 N–H and O–H groups in total. The minimum atomic E-state index is -0.778. The summed E-state index contributed by atoms with van der Waals surface area (Å²) < 4.78 is 0. The lowest BCUT2D eigenvalue weighted by Gasteiger charge is -2.39. The molecule has 6 heteroatoms. The van der Waals surface area contributed by atoms with Crippen LogP contribution in [0.3, 0.4) is 0 Å². The van der Waals surface area contributed by atoms with Crippen LogP contribution in [0, 0.1) is 5.41 Å². The molecule has 3 aromatic rings. The number of hydrogen-bond donors (Lipinski definition) is 1. The van der Waals surface area contributed by atoms with E-state index in [2.05, 4.69) is 26.1 Å². The summed E-state index contributed by atoms with van der Waals surface area (Å²) >= 11 is 12.5. The molecule has 1 fully saturated rings. The van der Waals surface area contributed by atoms with Crippen LogP contribution in [0.15, 0.2) is 42.5 Å². The standard InChI is InChI=1S/C23H21Cl2N3O/c1-21(2)22(3)10-11-23(21,20(29)28-17-12-13(24)8-9-14(17)25)19-18(22)26-15-6-4-5-7-16(15)27-19/h4-9,12H,10-11H2,1-3H3,(H,28,29). The van der Waals surface area contributed by atoms with Crippen molar-refractivity contribution in [1.29, 1.82) is 0 Å². The number of anilines is 1. The van der Waals surface area contributed by atoms with E-state index in [1.54, 1.807) is 18.2 Å². The van der Waals surface area contributed by atoms with E-state index in [-0.39, 0.29) is 16.7 Å².